The molecule has 0 radical (unpaired) electrons. The van der Waals surface area contributed by atoms with Crippen LogP contribution in [0.5, 0.6) is 0 Å². The monoisotopic (exact) mass is 389 g/mol. The minimum Gasteiger partial charge on any atom is -0.346 e. The number of nitrogens with zero attached hydrogens (tertiary/aromatic N) is 4. The van der Waals surface area contributed by atoms with Gasteiger partial charge in [0.05, 0.1) is 5.69 Å². The highest BCUT2D eigenvalue weighted by Gasteiger charge is 2.30. The molecule has 29 heavy (non-hydrogen) atoms. The molecule has 1 amide bonds. The third kappa shape index (κ3) is 3.25. The molecule has 1 fully saturated rings. The van der Waals surface area contributed by atoms with E-state index in [-0.39, 0.29) is 11.8 Å². The van der Waals surface area contributed by atoms with E-state index in [9.17, 15) is 4.79 Å². The van der Waals surface area contributed by atoms with Gasteiger partial charge in [-0.25, -0.2) is 9.50 Å². The fourth-order valence-corrected chi connectivity index (χ4v) is 4.34. The summed E-state index contributed by atoms with van der Waals surface area (Å²) in [6.45, 7) is 0. The normalized spacial score (nSPS) is 20.7. The number of rotatable bonds is 4. The predicted octanol–water partition coefficient (Wildman–Crippen LogP) is 2.65. The molecule has 1 aliphatic rings. The van der Waals surface area contributed by atoms with Gasteiger partial charge in [-0.3, -0.25) is 4.79 Å². The van der Waals surface area contributed by atoms with Crippen LogP contribution in [0, 0.1) is 5.92 Å². The number of fused-ring (bicyclic) bond motifs is 3. The number of aromatic amines is 1. The number of carbonyl (C=O) groups excluding carboxylic acids is 1. The molecular weight excluding hydrogens is 366 g/mol. The van der Waals surface area contributed by atoms with E-state index >= 15 is 0 Å². The molecule has 8 nitrogen and oxygen atoms in total. The minimum absolute atomic E-state index is 0.0169. The molecule has 1 unspecified atom stereocenters. The van der Waals surface area contributed by atoms with Crippen molar-refractivity contribution in [3.05, 3.63) is 60.2 Å². The summed E-state index contributed by atoms with van der Waals surface area (Å²) in [5.74, 6) is 0.307. The molecule has 1 atom stereocenters. The van der Waals surface area contributed by atoms with Crippen LogP contribution in [0.15, 0.2) is 48.9 Å². The maximum absolute atomic E-state index is 12.7. The average Bonchev–Trinajstić information content (AvgIpc) is 3.41. The molecule has 1 aromatic carbocycles. The molecular formula is C21H23N7O. The number of hydrogen-bond donors (Lipinski definition) is 3. The summed E-state index contributed by atoms with van der Waals surface area (Å²) in [7, 11) is 0. The molecule has 3 aromatic heterocycles. The standard InChI is InChI=1S/C21H23N7O/c22-19(14-4-2-1-3-5-14)25-21(29)15-8-6-13(7-9-15)17-18-16-10-11-23-20(16)24-12-28(18)27-26-17/h1-5,10-13,15,19,23H,6-9,22H2,(H,25,29). The highest BCUT2D eigenvalue weighted by atomic mass is 16.2. The van der Waals surface area contributed by atoms with Gasteiger partial charge in [-0.05, 0) is 37.3 Å². The van der Waals surface area contributed by atoms with Crippen LogP contribution in [-0.2, 0) is 4.79 Å². The maximum atomic E-state index is 12.7. The predicted molar refractivity (Wildman–Crippen MR) is 109 cm³/mol. The Labute approximate surface area is 167 Å². The first kappa shape index (κ1) is 17.8. The van der Waals surface area contributed by atoms with Crippen LogP contribution in [0.4, 0.5) is 0 Å². The van der Waals surface area contributed by atoms with E-state index < -0.39 is 6.17 Å². The van der Waals surface area contributed by atoms with Gasteiger partial charge in [-0.15, -0.1) is 5.10 Å². The second kappa shape index (κ2) is 7.29. The SMILES string of the molecule is NC(NC(=O)C1CCC(c2nnn3cnc4[nH]ccc4c23)CC1)c1ccccc1. The number of benzene rings is 1. The van der Waals surface area contributed by atoms with E-state index in [0.29, 0.717) is 5.92 Å². The van der Waals surface area contributed by atoms with Crippen molar-refractivity contribution in [1.82, 2.24) is 30.1 Å². The zero-order valence-corrected chi connectivity index (χ0v) is 16.0. The number of aromatic nitrogens is 5. The van der Waals surface area contributed by atoms with Gasteiger partial charge < -0.3 is 16.0 Å². The first-order chi connectivity index (χ1) is 14.2. The molecule has 4 aromatic rings. The molecule has 3 heterocycles. The Hall–Kier alpha value is -3.26. The highest BCUT2D eigenvalue weighted by molar-refractivity contribution is 5.92. The Balaban J connectivity index is 1.28. The average molecular weight is 389 g/mol. The van der Waals surface area contributed by atoms with E-state index in [1.165, 1.54) is 0 Å². The lowest BCUT2D eigenvalue weighted by atomic mass is 9.79. The van der Waals surface area contributed by atoms with Crippen LogP contribution in [-0.4, -0.2) is 30.7 Å². The lowest BCUT2D eigenvalue weighted by Gasteiger charge is -2.28. The van der Waals surface area contributed by atoms with E-state index in [2.05, 4.69) is 25.6 Å². The van der Waals surface area contributed by atoms with Crippen molar-refractivity contribution in [3.63, 3.8) is 0 Å². The van der Waals surface area contributed by atoms with Crippen molar-refractivity contribution < 1.29 is 4.79 Å². The van der Waals surface area contributed by atoms with Gasteiger partial charge >= 0.3 is 0 Å². The second-order valence-electron chi connectivity index (χ2n) is 7.70. The summed E-state index contributed by atoms with van der Waals surface area (Å²) in [6.07, 6.45) is 6.54. The Morgan fingerprint density at radius 3 is 2.76 bits per heavy atom. The lowest BCUT2D eigenvalue weighted by Crippen LogP contribution is -2.39. The molecule has 0 saturated heterocycles. The zero-order valence-electron chi connectivity index (χ0n) is 16.0. The number of H-pyrrole nitrogens is 1. The summed E-state index contributed by atoms with van der Waals surface area (Å²) in [6, 6.07) is 11.6. The maximum Gasteiger partial charge on any atom is 0.224 e. The number of hydrogen-bond acceptors (Lipinski definition) is 5. The van der Waals surface area contributed by atoms with Crippen LogP contribution in [0.2, 0.25) is 0 Å². The summed E-state index contributed by atoms with van der Waals surface area (Å²) >= 11 is 0. The molecule has 4 N–H and O–H groups in total. The van der Waals surface area contributed by atoms with Crippen LogP contribution >= 0.6 is 0 Å². The van der Waals surface area contributed by atoms with Crippen LogP contribution < -0.4 is 11.1 Å². The third-order valence-electron chi connectivity index (χ3n) is 5.94. The summed E-state index contributed by atoms with van der Waals surface area (Å²) < 4.78 is 1.74. The molecule has 8 heteroatoms. The van der Waals surface area contributed by atoms with Crippen molar-refractivity contribution >= 4 is 22.5 Å². The van der Waals surface area contributed by atoms with E-state index in [0.717, 1.165) is 53.5 Å². The highest BCUT2D eigenvalue weighted by Crippen LogP contribution is 2.37. The van der Waals surface area contributed by atoms with E-state index in [1.807, 2.05) is 42.6 Å². The Kier molecular flexibility index (Phi) is 4.48. The summed E-state index contributed by atoms with van der Waals surface area (Å²) in [5.41, 5.74) is 9.91. The Morgan fingerprint density at radius 2 is 1.97 bits per heavy atom. The van der Waals surface area contributed by atoms with Crippen LogP contribution in [0.3, 0.4) is 0 Å². The fraction of sp³-hybridized carbons (Fsp3) is 0.333. The van der Waals surface area contributed by atoms with Gasteiger partial charge in [0.1, 0.15) is 23.7 Å². The van der Waals surface area contributed by atoms with Gasteiger partial charge in [0.15, 0.2) is 0 Å². The molecule has 0 bridgehead atoms. The minimum atomic E-state index is -0.475. The number of nitrogens with one attached hydrogen (secondary N) is 2. The molecule has 0 aliphatic heterocycles. The number of carbonyl (C=O) groups is 1. The smallest absolute Gasteiger partial charge is 0.224 e. The molecule has 5 rings (SSSR count). The van der Waals surface area contributed by atoms with Gasteiger partial charge in [0, 0.05) is 23.4 Å². The topological polar surface area (TPSA) is 114 Å². The van der Waals surface area contributed by atoms with Gasteiger partial charge in [0.2, 0.25) is 5.91 Å². The van der Waals surface area contributed by atoms with Gasteiger partial charge in [-0.2, -0.15) is 0 Å². The van der Waals surface area contributed by atoms with Crippen molar-refractivity contribution in [2.45, 2.75) is 37.8 Å². The van der Waals surface area contributed by atoms with E-state index in [1.54, 1.807) is 10.8 Å². The van der Waals surface area contributed by atoms with Crippen molar-refractivity contribution in [3.8, 4) is 0 Å². The summed E-state index contributed by atoms with van der Waals surface area (Å²) in [5, 5.41) is 12.7. The molecule has 1 saturated carbocycles. The fourth-order valence-electron chi connectivity index (χ4n) is 4.34. The Bertz CT molecular complexity index is 1140. The van der Waals surface area contributed by atoms with Crippen molar-refractivity contribution in [2.75, 3.05) is 0 Å². The van der Waals surface area contributed by atoms with Crippen LogP contribution in [0.25, 0.3) is 16.6 Å². The molecule has 1 aliphatic carbocycles. The quantitative estimate of drug-likeness (QED) is 0.464. The molecule has 0 spiro atoms. The van der Waals surface area contributed by atoms with Gasteiger partial charge in [0.25, 0.3) is 0 Å². The zero-order chi connectivity index (χ0) is 19.8. The van der Waals surface area contributed by atoms with E-state index in [4.69, 9.17) is 5.73 Å². The van der Waals surface area contributed by atoms with Crippen molar-refractivity contribution in [1.29, 1.82) is 0 Å². The number of amides is 1. The Morgan fingerprint density at radius 1 is 1.17 bits per heavy atom. The third-order valence-corrected chi connectivity index (χ3v) is 5.94. The van der Waals surface area contributed by atoms with Crippen molar-refractivity contribution in [2.24, 2.45) is 11.7 Å². The number of nitrogens with two attached hydrogens (primary N) is 1. The lowest BCUT2D eigenvalue weighted by molar-refractivity contribution is -0.126. The molecule has 148 valence electrons. The van der Waals surface area contributed by atoms with Crippen LogP contribution in [0.1, 0.15) is 49.0 Å². The first-order valence-corrected chi connectivity index (χ1v) is 9.98. The second-order valence-corrected chi connectivity index (χ2v) is 7.70. The largest absolute Gasteiger partial charge is 0.346 e. The first-order valence-electron chi connectivity index (χ1n) is 9.98. The van der Waals surface area contributed by atoms with Gasteiger partial charge in [-0.1, -0.05) is 35.5 Å². The summed E-state index contributed by atoms with van der Waals surface area (Å²) in [4.78, 5) is 20.2.